The topological polar surface area (TPSA) is 76.1 Å². The first-order chi connectivity index (χ1) is 10.2. The zero-order valence-corrected chi connectivity index (χ0v) is 12.5. The third-order valence-corrected chi connectivity index (χ3v) is 4.16. The zero-order chi connectivity index (χ0) is 14.8. The number of imidazole rings is 1. The molecule has 112 valence electrons. The van der Waals surface area contributed by atoms with E-state index in [4.69, 9.17) is 5.73 Å². The van der Waals surface area contributed by atoms with Crippen LogP contribution >= 0.6 is 0 Å². The molecule has 2 N–H and O–H groups in total. The molecule has 0 aliphatic carbocycles. The summed E-state index contributed by atoms with van der Waals surface area (Å²) in [7, 11) is 4.22. The van der Waals surface area contributed by atoms with E-state index in [1.807, 2.05) is 10.8 Å². The number of nitrogens with zero attached hydrogens (tertiary/aromatic N) is 6. The van der Waals surface area contributed by atoms with Crippen LogP contribution < -0.4 is 10.6 Å². The van der Waals surface area contributed by atoms with Crippen LogP contribution in [0.4, 0.5) is 11.5 Å². The molecule has 7 heteroatoms. The summed E-state index contributed by atoms with van der Waals surface area (Å²) < 4.78 is 1.81. The average molecular weight is 287 g/mol. The highest BCUT2D eigenvalue weighted by Crippen LogP contribution is 2.28. The lowest BCUT2D eigenvalue weighted by Gasteiger charge is -2.36. The number of nitrogen functional groups attached to an aromatic ring is 1. The summed E-state index contributed by atoms with van der Waals surface area (Å²) in [6.07, 6.45) is 9.04. The van der Waals surface area contributed by atoms with Gasteiger partial charge in [-0.2, -0.15) is 0 Å². The van der Waals surface area contributed by atoms with E-state index >= 15 is 0 Å². The minimum absolute atomic E-state index is 0.467. The maximum Gasteiger partial charge on any atom is 0.166 e. The van der Waals surface area contributed by atoms with E-state index in [0.29, 0.717) is 17.5 Å². The van der Waals surface area contributed by atoms with Gasteiger partial charge in [-0.3, -0.25) is 4.57 Å². The Kier molecular flexibility index (Phi) is 3.74. The summed E-state index contributed by atoms with van der Waals surface area (Å²) in [6, 6.07) is 0.467. The minimum Gasteiger partial charge on any atom is -0.393 e. The van der Waals surface area contributed by atoms with Crippen LogP contribution in [0.25, 0.3) is 5.82 Å². The number of hydrogen-bond acceptors (Lipinski definition) is 6. The van der Waals surface area contributed by atoms with E-state index in [1.54, 1.807) is 18.9 Å². The number of nitrogens with two attached hydrogens (primary N) is 1. The molecule has 0 spiro atoms. The molecule has 0 atom stereocenters. The maximum absolute atomic E-state index is 6.28. The molecular weight excluding hydrogens is 266 g/mol. The quantitative estimate of drug-likeness (QED) is 0.899. The first kappa shape index (κ1) is 13.8. The van der Waals surface area contributed by atoms with Gasteiger partial charge >= 0.3 is 0 Å². The van der Waals surface area contributed by atoms with Crippen molar-refractivity contribution in [2.75, 3.05) is 37.8 Å². The Morgan fingerprint density at radius 3 is 2.71 bits per heavy atom. The molecule has 3 rings (SSSR count). The predicted octanol–water partition coefficient (Wildman–Crippen LogP) is 0.775. The standard InChI is InChI=1S/C14H21N7/c1-19-6-3-11(4-7-19)20(2)13-12(15)14(18-9-17-13)21-8-5-16-10-21/h5,8-11H,3-4,6-7,15H2,1-2H3. The van der Waals surface area contributed by atoms with Crippen molar-refractivity contribution in [3.05, 3.63) is 25.0 Å². The first-order valence-corrected chi connectivity index (χ1v) is 7.17. The summed E-state index contributed by atoms with van der Waals surface area (Å²) >= 11 is 0. The van der Waals surface area contributed by atoms with Gasteiger partial charge in [0.1, 0.15) is 18.3 Å². The molecule has 21 heavy (non-hydrogen) atoms. The van der Waals surface area contributed by atoms with E-state index in [2.05, 4.69) is 38.8 Å². The molecule has 1 aliphatic rings. The molecule has 1 aliphatic heterocycles. The SMILES string of the molecule is CN1CCC(N(C)c2ncnc(-n3ccnc3)c2N)CC1. The summed E-state index contributed by atoms with van der Waals surface area (Å²) in [5.74, 6) is 1.47. The highest BCUT2D eigenvalue weighted by molar-refractivity contribution is 5.70. The van der Waals surface area contributed by atoms with E-state index in [-0.39, 0.29) is 0 Å². The van der Waals surface area contributed by atoms with Crippen molar-refractivity contribution in [1.29, 1.82) is 0 Å². The molecular formula is C14H21N7. The second-order valence-corrected chi connectivity index (χ2v) is 5.55. The average Bonchev–Trinajstić information content (AvgIpc) is 3.02. The summed E-state index contributed by atoms with van der Waals surface area (Å²) in [5.41, 5.74) is 6.88. The normalized spacial score (nSPS) is 17.0. The van der Waals surface area contributed by atoms with Gasteiger partial charge in [-0.15, -0.1) is 0 Å². The number of aromatic nitrogens is 4. The van der Waals surface area contributed by atoms with Crippen molar-refractivity contribution in [2.24, 2.45) is 0 Å². The highest BCUT2D eigenvalue weighted by atomic mass is 15.2. The lowest BCUT2D eigenvalue weighted by Crippen LogP contribution is -2.42. The number of rotatable bonds is 3. The summed E-state index contributed by atoms with van der Waals surface area (Å²) in [4.78, 5) is 17.2. The second-order valence-electron chi connectivity index (χ2n) is 5.55. The van der Waals surface area contributed by atoms with Gasteiger partial charge in [-0.1, -0.05) is 0 Å². The van der Waals surface area contributed by atoms with Crippen molar-refractivity contribution < 1.29 is 0 Å². The van der Waals surface area contributed by atoms with Crippen LogP contribution in [0.15, 0.2) is 25.0 Å². The Balaban J connectivity index is 1.87. The van der Waals surface area contributed by atoms with Crippen molar-refractivity contribution >= 4 is 11.5 Å². The van der Waals surface area contributed by atoms with Crippen molar-refractivity contribution in [2.45, 2.75) is 18.9 Å². The first-order valence-electron chi connectivity index (χ1n) is 7.17. The lowest BCUT2D eigenvalue weighted by atomic mass is 10.0. The van der Waals surface area contributed by atoms with Crippen molar-refractivity contribution in [1.82, 2.24) is 24.4 Å². The molecule has 0 aromatic carbocycles. The van der Waals surface area contributed by atoms with Gasteiger partial charge in [0, 0.05) is 25.5 Å². The molecule has 0 saturated carbocycles. The summed E-state index contributed by atoms with van der Waals surface area (Å²) in [5, 5.41) is 0. The number of piperidine rings is 1. The molecule has 0 radical (unpaired) electrons. The van der Waals surface area contributed by atoms with E-state index < -0.39 is 0 Å². The van der Waals surface area contributed by atoms with Crippen LogP contribution in [0.2, 0.25) is 0 Å². The zero-order valence-electron chi connectivity index (χ0n) is 12.5. The molecule has 2 aromatic rings. The number of anilines is 2. The van der Waals surface area contributed by atoms with E-state index in [9.17, 15) is 0 Å². The smallest absolute Gasteiger partial charge is 0.166 e. The maximum atomic E-state index is 6.28. The molecule has 0 amide bonds. The molecule has 1 fully saturated rings. The molecule has 1 saturated heterocycles. The third-order valence-electron chi connectivity index (χ3n) is 4.16. The van der Waals surface area contributed by atoms with Crippen molar-refractivity contribution in [3.63, 3.8) is 0 Å². The molecule has 0 bridgehead atoms. The second kappa shape index (κ2) is 5.69. The Bertz CT molecular complexity index is 587. The monoisotopic (exact) mass is 287 g/mol. The van der Waals surface area contributed by atoms with E-state index in [0.717, 1.165) is 31.7 Å². The fourth-order valence-electron chi connectivity index (χ4n) is 2.80. The number of hydrogen-bond donors (Lipinski definition) is 1. The Morgan fingerprint density at radius 2 is 2.05 bits per heavy atom. The van der Waals surface area contributed by atoms with Crippen LogP contribution in [0.1, 0.15) is 12.8 Å². The predicted molar refractivity (Wildman–Crippen MR) is 82.5 cm³/mol. The Labute approximate surface area is 124 Å². The number of likely N-dealkylation sites (tertiary alicyclic amines) is 1. The van der Waals surface area contributed by atoms with Crippen LogP contribution in [0, 0.1) is 0 Å². The van der Waals surface area contributed by atoms with Gasteiger partial charge in [0.05, 0.1) is 0 Å². The van der Waals surface area contributed by atoms with Gasteiger partial charge in [-0.05, 0) is 33.0 Å². The van der Waals surface area contributed by atoms with Gasteiger partial charge in [0.15, 0.2) is 11.6 Å². The molecule has 7 nitrogen and oxygen atoms in total. The van der Waals surface area contributed by atoms with Crippen molar-refractivity contribution in [3.8, 4) is 5.82 Å². The summed E-state index contributed by atoms with van der Waals surface area (Å²) in [6.45, 7) is 2.21. The van der Waals surface area contributed by atoms with Gasteiger partial charge in [-0.25, -0.2) is 15.0 Å². The fraction of sp³-hybridized carbons (Fsp3) is 0.500. The van der Waals surface area contributed by atoms with Crippen LogP contribution in [-0.4, -0.2) is 57.6 Å². The van der Waals surface area contributed by atoms with Crippen LogP contribution in [0.5, 0.6) is 0 Å². The minimum atomic E-state index is 0.467. The third kappa shape index (κ3) is 2.69. The van der Waals surface area contributed by atoms with Crippen LogP contribution in [0.3, 0.4) is 0 Å². The largest absolute Gasteiger partial charge is 0.393 e. The Morgan fingerprint density at radius 1 is 1.29 bits per heavy atom. The van der Waals surface area contributed by atoms with E-state index in [1.165, 1.54) is 0 Å². The van der Waals surface area contributed by atoms with Gasteiger partial charge < -0.3 is 15.5 Å². The van der Waals surface area contributed by atoms with Gasteiger partial charge in [0.25, 0.3) is 0 Å². The lowest BCUT2D eigenvalue weighted by molar-refractivity contribution is 0.252. The molecule has 0 unspecified atom stereocenters. The van der Waals surface area contributed by atoms with Crippen LogP contribution in [-0.2, 0) is 0 Å². The highest BCUT2D eigenvalue weighted by Gasteiger charge is 2.24. The van der Waals surface area contributed by atoms with Gasteiger partial charge in [0.2, 0.25) is 0 Å². The fourth-order valence-corrected chi connectivity index (χ4v) is 2.80. The Hall–Kier alpha value is -2.15. The molecule has 3 heterocycles. The molecule has 2 aromatic heterocycles.